The van der Waals surface area contributed by atoms with E-state index in [-0.39, 0.29) is 0 Å². The number of nitrogens with two attached hydrogens (primary N) is 3. The van der Waals surface area contributed by atoms with Crippen molar-refractivity contribution in [1.29, 1.82) is 0 Å². The van der Waals surface area contributed by atoms with Gasteiger partial charge < -0.3 is 111 Å². The molecule has 432 valence electrons. The average molecular weight is 1170 g/mol. The van der Waals surface area contributed by atoms with Gasteiger partial charge in [-0.1, -0.05) is 0 Å². The van der Waals surface area contributed by atoms with Crippen molar-refractivity contribution in [3.63, 3.8) is 0 Å². The summed E-state index contributed by atoms with van der Waals surface area (Å²) >= 11 is 0. The molecular formula is C30H51N3O37S4. The summed E-state index contributed by atoms with van der Waals surface area (Å²) in [5, 5.41) is 105. The van der Waals surface area contributed by atoms with Crippen molar-refractivity contribution in [3.05, 3.63) is 0 Å². The molecule has 0 aromatic carbocycles. The maximum atomic E-state index is 12.7. The molecule has 20 N–H and O–H groups in total. The monoisotopic (exact) mass is 1170 g/mol. The molecule has 0 saturated carbocycles. The Bertz CT molecular complexity index is 2390. The van der Waals surface area contributed by atoms with Crippen molar-refractivity contribution >= 4 is 53.5 Å². The van der Waals surface area contributed by atoms with E-state index < -0.39 is 227 Å². The van der Waals surface area contributed by atoms with Crippen molar-refractivity contribution in [2.24, 2.45) is 17.2 Å². The van der Waals surface area contributed by atoms with Crippen LogP contribution in [0.15, 0.2) is 0 Å². The molecule has 74 heavy (non-hydrogen) atoms. The zero-order valence-corrected chi connectivity index (χ0v) is 39.8. The molecule has 0 aromatic heterocycles. The van der Waals surface area contributed by atoms with Crippen molar-refractivity contribution in [3.8, 4) is 0 Å². The molecule has 40 nitrogen and oxygen atoms in total. The second-order valence-corrected chi connectivity index (χ2v) is 20.6. The Morgan fingerprint density at radius 1 is 0.419 bits per heavy atom. The first-order valence-corrected chi connectivity index (χ1v) is 25.9. The molecule has 5 saturated heterocycles. The van der Waals surface area contributed by atoms with E-state index in [9.17, 15) is 108 Å². The maximum Gasteiger partial charge on any atom is 0.397 e. The van der Waals surface area contributed by atoms with Gasteiger partial charge in [0.25, 0.3) is 0 Å². The number of carboxylic acids is 2. The summed E-state index contributed by atoms with van der Waals surface area (Å²) in [7, 11) is -22.5. The summed E-state index contributed by atoms with van der Waals surface area (Å²) in [5.41, 5.74) is 17.7. The van der Waals surface area contributed by atoms with E-state index in [0.29, 0.717) is 0 Å². The normalized spacial score (nSPS) is 43.9. The Morgan fingerprint density at radius 3 is 1.36 bits per heavy atom. The average Bonchev–Trinajstić information content (AvgIpc) is 3.27. The van der Waals surface area contributed by atoms with E-state index in [4.69, 9.17) is 64.4 Å². The van der Waals surface area contributed by atoms with E-state index in [2.05, 4.69) is 16.7 Å². The van der Waals surface area contributed by atoms with Gasteiger partial charge in [0.15, 0.2) is 49.8 Å². The Balaban J connectivity index is 1.46. The summed E-state index contributed by atoms with van der Waals surface area (Å²) in [5.74, 6) is -4.28. The largest absolute Gasteiger partial charge is 0.479 e. The fourth-order valence-electron chi connectivity index (χ4n) is 7.84. The maximum absolute atomic E-state index is 12.7. The van der Waals surface area contributed by atoms with Crippen molar-refractivity contribution < 1.29 is 172 Å². The molecule has 0 amide bonds. The number of hydrogen-bond acceptors (Lipinski definition) is 34. The molecule has 5 aliphatic rings. The summed E-state index contributed by atoms with van der Waals surface area (Å²) < 4.78 is 198. The second kappa shape index (κ2) is 24.3. The van der Waals surface area contributed by atoms with Gasteiger partial charge in [-0.25, -0.2) is 26.3 Å². The lowest BCUT2D eigenvalue weighted by Crippen LogP contribution is -2.70. The smallest absolute Gasteiger partial charge is 0.397 e. The molecule has 0 spiro atoms. The third-order valence-corrected chi connectivity index (χ3v) is 13.1. The molecule has 0 unspecified atom stereocenters. The van der Waals surface area contributed by atoms with Crippen LogP contribution in [0.3, 0.4) is 0 Å². The van der Waals surface area contributed by atoms with Crippen molar-refractivity contribution in [2.75, 3.05) is 19.8 Å². The third-order valence-electron chi connectivity index (χ3n) is 11.3. The lowest BCUT2D eigenvalue weighted by molar-refractivity contribution is -0.371. The van der Waals surface area contributed by atoms with E-state index >= 15 is 0 Å². The fraction of sp³-hybridized carbons (Fsp3) is 0.933. The number of ether oxygens (including phenoxy) is 9. The highest BCUT2D eigenvalue weighted by Gasteiger charge is 2.59. The first-order valence-electron chi connectivity index (χ1n) is 20.5. The van der Waals surface area contributed by atoms with Gasteiger partial charge in [0.1, 0.15) is 85.5 Å². The van der Waals surface area contributed by atoms with Gasteiger partial charge in [0, 0.05) is 0 Å². The highest BCUT2D eigenvalue weighted by atomic mass is 32.3. The Hall–Kier alpha value is -2.38. The van der Waals surface area contributed by atoms with Crippen LogP contribution in [0.1, 0.15) is 0 Å². The lowest BCUT2D eigenvalue weighted by atomic mass is 9.94. The standard InChI is InChI=1S/C30H51N3O37S4/c31-7-12(37)16(4(1-34)60-26(7)45)63-30-21(70-74(55,56)57)15(40)20(23(68-30)25(43)44)66-28-9(33)18(69-73(52,53)54)17(6(62-28)3-59-72(49,50)51)64-29-14(39)13(38)19(22(67-29)24(41)42)65-27-8(32)11(36)10(35)5(61-27)2-58-71(46,47)48/h4-23,26-30,34-40,45H,1-3,31-33H2,(H,41,42)(H,43,44)(H,46,47,48)(H,49,50,51)(H,52,53,54)(H,55,56,57)/t4-,5-,6-,7-,8-,9-,10-,11-,12-,13-,14-,15+,16-,17-,18-,19+,20+,21-,22+,23-,26+,27-,28-,29-,30-/m1/s1. The van der Waals surface area contributed by atoms with E-state index in [0.717, 1.165) is 0 Å². The molecule has 0 radical (unpaired) electrons. The molecule has 0 bridgehead atoms. The third kappa shape index (κ3) is 15.5. The molecule has 25 atom stereocenters. The van der Waals surface area contributed by atoms with Crippen LogP contribution in [0.2, 0.25) is 0 Å². The van der Waals surface area contributed by atoms with Crippen LogP contribution in [-0.2, 0) is 111 Å². The number of rotatable bonds is 21. The van der Waals surface area contributed by atoms with Gasteiger partial charge in [-0.2, -0.15) is 33.7 Å². The van der Waals surface area contributed by atoms with Crippen LogP contribution in [0, 0.1) is 0 Å². The summed E-state index contributed by atoms with van der Waals surface area (Å²) in [6.07, 6.45) is -53.0. The first kappa shape index (κ1) is 62.5. The van der Waals surface area contributed by atoms with Crippen LogP contribution in [-0.4, -0.2) is 288 Å². The Morgan fingerprint density at radius 2 is 0.865 bits per heavy atom. The fourth-order valence-corrected chi connectivity index (χ4v) is 9.46. The highest BCUT2D eigenvalue weighted by molar-refractivity contribution is 7.81. The van der Waals surface area contributed by atoms with Crippen LogP contribution in [0.4, 0.5) is 0 Å². The number of aliphatic carboxylic acids is 2. The molecule has 5 rings (SSSR count). The van der Waals surface area contributed by atoms with Crippen molar-refractivity contribution in [1.82, 2.24) is 0 Å². The number of carbonyl (C=O) groups is 2. The minimum absolute atomic E-state index is 1.09. The second-order valence-electron chi connectivity index (χ2n) is 16.3. The van der Waals surface area contributed by atoms with E-state index in [1.54, 1.807) is 0 Å². The number of aliphatic hydroxyl groups is 8. The number of carboxylic acid groups (broad SMARTS) is 2. The van der Waals surface area contributed by atoms with Gasteiger partial charge in [-0.05, 0) is 0 Å². The molecule has 0 aliphatic carbocycles. The van der Waals surface area contributed by atoms with E-state index in [1.807, 2.05) is 0 Å². The zero-order chi connectivity index (χ0) is 55.9. The molecule has 5 aliphatic heterocycles. The highest BCUT2D eigenvalue weighted by Crippen LogP contribution is 2.37. The van der Waals surface area contributed by atoms with Crippen LogP contribution < -0.4 is 17.2 Å². The zero-order valence-electron chi connectivity index (χ0n) is 36.6. The first-order chi connectivity index (χ1) is 33.9. The quantitative estimate of drug-likeness (QED) is 0.0475. The molecule has 0 aromatic rings. The minimum Gasteiger partial charge on any atom is -0.479 e. The minimum atomic E-state index is -5.90. The van der Waals surface area contributed by atoms with Gasteiger partial charge in [-0.15, -0.1) is 0 Å². The van der Waals surface area contributed by atoms with Crippen molar-refractivity contribution in [2.45, 2.75) is 153 Å². The van der Waals surface area contributed by atoms with Crippen LogP contribution in [0.5, 0.6) is 0 Å². The van der Waals surface area contributed by atoms with Gasteiger partial charge in [0.2, 0.25) is 0 Å². The van der Waals surface area contributed by atoms with Gasteiger partial charge >= 0.3 is 53.5 Å². The van der Waals surface area contributed by atoms with Crippen LogP contribution in [0.25, 0.3) is 0 Å². The van der Waals surface area contributed by atoms with Gasteiger partial charge in [0.05, 0.1) is 37.9 Å². The SMILES string of the molecule is N[C@@H]1[C@@H](O)[C@H](O[C@@H]2O[C@@H](C(=O)O)[C@@H](O[C@H]3O[C@H](COS(=O)(=O)O)[C@@H](O[C@@H]4O[C@H](C(=O)O)[C@@H](O[C@H]5O[C@H](COS(=O)(=O)O)[C@@H](O)[C@H](O)[C@H]5N)[C@H](O)[C@H]4O)[C@H](OS(=O)(=O)O)[C@H]3N)[C@H](O)[C@H]2OS(=O)(=O)O)[C@@H](CO)O[C@@H]1O. The number of hydrogen-bond donors (Lipinski definition) is 17. The Labute approximate surface area is 414 Å². The predicted octanol–water partition coefficient (Wildman–Crippen LogP) is -12.5. The Kier molecular flexibility index (Phi) is 20.5. The topological polar surface area (TPSA) is 652 Å². The molecular weight excluding hydrogens is 1120 g/mol. The van der Waals surface area contributed by atoms with Crippen LogP contribution >= 0.6 is 0 Å². The molecule has 44 heteroatoms. The summed E-state index contributed by atoms with van der Waals surface area (Å²) in [6, 6.07) is -6.11. The predicted molar refractivity (Wildman–Crippen MR) is 215 cm³/mol. The molecule has 5 heterocycles. The lowest BCUT2D eigenvalue weighted by Gasteiger charge is -2.49. The van der Waals surface area contributed by atoms with E-state index in [1.165, 1.54) is 0 Å². The summed E-state index contributed by atoms with van der Waals surface area (Å²) in [6.45, 7) is -3.98. The van der Waals surface area contributed by atoms with Gasteiger partial charge in [-0.3, -0.25) is 18.2 Å². The summed E-state index contributed by atoms with van der Waals surface area (Å²) in [4.78, 5) is 25.2. The number of aliphatic hydroxyl groups excluding tert-OH is 8. The molecule has 5 fully saturated rings.